The van der Waals surface area contributed by atoms with Gasteiger partial charge in [0.2, 0.25) is 0 Å². The molecule has 0 saturated heterocycles. The molecule has 2 aliphatic carbocycles. The highest BCUT2D eigenvalue weighted by molar-refractivity contribution is 8.00. The Hall–Kier alpha value is 0.0200. The van der Waals surface area contributed by atoms with Crippen LogP contribution in [0.15, 0.2) is 0 Å². The van der Waals surface area contributed by atoms with Crippen LogP contribution >= 0.6 is 11.8 Å². The second-order valence-corrected chi connectivity index (χ2v) is 7.29. The number of carbonyl (C=O) groups excluding carboxylic acids is 1. The Morgan fingerprint density at radius 1 is 1.06 bits per heavy atom. The van der Waals surface area contributed by atoms with Crippen molar-refractivity contribution in [3.05, 3.63) is 0 Å². The van der Waals surface area contributed by atoms with Crippen LogP contribution in [0.5, 0.6) is 0 Å². The van der Waals surface area contributed by atoms with Gasteiger partial charge in [0.05, 0.1) is 5.75 Å². The maximum atomic E-state index is 12.1. The van der Waals surface area contributed by atoms with Crippen LogP contribution in [0, 0.1) is 11.8 Å². The molecular weight excluding hydrogens is 228 g/mol. The number of hydrogen-bond donors (Lipinski definition) is 0. The highest BCUT2D eigenvalue weighted by atomic mass is 32.2. The van der Waals surface area contributed by atoms with Gasteiger partial charge in [0.15, 0.2) is 0 Å². The highest BCUT2D eigenvalue weighted by Gasteiger charge is 2.24. The quantitative estimate of drug-likeness (QED) is 0.737. The van der Waals surface area contributed by atoms with Crippen molar-refractivity contribution in [2.45, 2.75) is 70.0 Å². The SMILES string of the molecule is CC1CCCC(SCC(=O)C2CCCCC2)C1. The molecule has 0 aromatic rings. The van der Waals surface area contributed by atoms with Crippen LogP contribution in [0.25, 0.3) is 0 Å². The fourth-order valence-corrected chi connectivity index (χ4v) is 4.71. The van der Waals surface area contributed by atoms with Crippen molar-refractivity contribution in [1.82, 2.24) is 0 Å². The monoisotopic (exact) mass is 254 g/mol. The van der Waals surface area contributed by atoms with E-state index in [1.165, 1.54) is 57.8 Å². The standard InChI is InChI=1S/C15H26OS/c1-12-6-5-9-14(10-12)17-11-15(16)13-7-3-2-4-8-13/h12-14H,2-11H2,1H3. The Kier molecular flexibility index (Phi) is 5.40. The molecule has 2 fully saturated rings. The van der Waals surface area contributed by atoms with E-state index in [4.69, 9.17) is 0 Å². The Morgan fingerprint density at radius 2 is 1.82 bits per heavy atom. The highest BCUT2D eigenvalue weighted by Crippen LogP contribution is 2.33. The third kappa shape index (κ3) is 4.31. The third-order valence-electron chi connectivity index (χ3n) is 4.41. The van der Waals surface area contributed by atoms with Gasteiger partial charge in [0.25, 0.3) is 0 Å². The lowest BCUT2D eigenvalue weighted by Crippen LogP contribution is -2.22. The lowest BCUT2D eigenvalue weighted by molar-refractivity contribution is -0.121. The zero-order valence-electron chi connectivity index (χ0n) is 11.1. The Bertz CT molecular complexity index is 245. The number of rotatable bonds is 4. The molecule has 0 N–H and O–H groups in total. The summed E-state index contributed by atoms with van der Waals surface area (Å²) in [4.78, 5) is 12.1. The molecule has 0 aliphatic heterocycles. The summed E-state index contributed by atoms with van der Waals surface area (Å²) >= 11 is 1.95. The van der Waals surface area contributed by atoms with Gasteiger partial charge in [-0.1, -0.05) is 39.0 Å². The number of hydrogen-bond acceptors (Lipinski definition) is 2. The van der Waals surface area contributed by atoms with Gasteiger partial charge in [-0.3, -0.25) is 4.79 Å². The first kappa shape index (κ1) is 13.5. The smallest absolute Gasteiger partial charge is 0.145 e. The molecule has 2 unspecified atom stereocenters. The minimum atomic E-state index is 0.414. The van der Waals surface area contributed by atoms with E-state index >= 15 is 0 Å². The van der Waals surface area contributed by atoms with Crippen molar-refractivity contribution in [1.29, 1.82) is 0 Å². The molecule has 0 amide bonds. The van der Waals surface area contributed by atoms with E-state index in [1.807, 2.05) is 11.8 Å². The van der Waals surface area contributed by atoms with Crippen molar-refractivity contribution in [2.24, 2.45) is 11.8 Å². The Morgan fingerprint density at radius 3 is 2.53 bits per heavy atom. The molecule has 0 spiro atoms. The van der Waals surface area contributed by atoms with Gasteiger partial charge in [0, 0.05) is 11.2 Å². The second-order valence-electron chi connectivity index (χ2n) is 6.01. The van der Waals surface area contributed by atoms with Crippen LogP contribution in [0.4, 0.5) is 0 Å². The van der Waals surface area contributed by atoms with Crippen LogP contribution < -0.4 is 0 Å². The maximum absolute atomic E-state index is 12.1. The molecule has 0 radical (unpaired) electrons. The van der Waals surface area contributed by atoms with E-state index in [2.05, 4.69) is 6.92 Å². The molecule has 17 heavy (non-hydrogen) atoms. The molecule has 0 heterocycles. The lowest BCUT2D eigenvalue weighted by atomic mass is 9.87. The summed E-state index contributed by atoms with van der Waals surface area (Å²) in [7, 11) is 0. The molecule has 2 aliphatic rings. The van der Waals surface area contributed by atoms with Crippen molar-refractivity contribution in [3.8, 4) is 0 Å². The fourth-order valence-electron chi connectivity index (χ4n) is 3.27. The number of ketones is 1. The van der Waals surface area contributed by atoms with Crippen LogP contribution in [-0.2, 0) is 4.79 Å². The van der Waals surface area contributed by atoms with Crippen LogP contribution in [0.1, 0.15) is 64.7 Å². The number of Topliss-reactive ketones (excluding diaryl/α,β-unsaturated/α-hetero) is 1. The van der Waals surface area contributed by atoms with Crippen molar-refractivity contribution in [3.63, 3.8) is 0 Å². The van der Waals surface area contributed by atoms with Crippen molar-refractivity contribution in [2.75, 3.05) is 5.75 Å². The molecule has 1 nitrogen and oxygen atoms in total. The summed E-state index contributed by atoms with van der Waals surface area (Å²) < 4.78 is 0. The molecule has 0 bridgehead atoms. The van der Waals surface area contributed by atoms with Gasteiger partial charge < -0.3 is 0 Å². The lowest BCUT2D eigenvalue weighted by Gasteiger charge is -2.27. The first-order valence-corrected chi connectivity index (χ1v) is 8.45. The summed E-state index contributed by atoms with van der Waals surface area (Å²) in [5.74, 6) is 2.64. The van der Waals surface area contributed by atoms with Gasteiger partial charge in [0.1, 0.15) is 5.78 Å². The second kappa shape index (κ2) is 6.82. The average Bonchev–Trinajstić information content (AvgIpc) is 2.37. The number of thioether (sulfide) groups is 1. The molecular formula is C15H26OS. The molecule has 0 aromatic carbocycles. The molecule has 2 atom stereocenters. The summed E-state index contributed by atoms with van der Waals surface area (Å²) in [5, 5.41) is 0.770. The van der Waals surface area contributed by atoms with Crippen LogP contribution in [0.2, 0.25) is 0 Å². The van der Waals surface area contributed by atoms with E-state index < -0.39 is 0 Å². The Labute approximate surface area is 110 Å². The van der Waals surface area contributed by atoms with E-state index in [0.717, 1.165) is 16.9 Å². The normalized spacial score (nSPS) is 31.4. The molecule has 2 heteroatoms. The summed E-state index contributed by atoms with van der Waals surface area (Å²) in [6.07, 6.45) is 11.7. The minimum absolute atomic E-state index is 0.414. The van der Waals surface area contributed by atoms with E-state index in [9.17, 15) is 4.79 Å². The minimum Gasteiger partial charge on any atom is -0.298 e. The predicted octanol–water partition coefficient (Wildman–Crippen LogP) is 4.45. The van der Waals surface area contributed by atoms with Gasteiger partial charge in [-0.25, -0.2) is 0 Å². The van der Waals surface area contributed by atoms with Gasteiger partial charge in [-0.2, -0.15) is 11.8 Å². The fraction of sp³-hybridized carbons (Fsp3) is 0.933. The van der Waals surface area contributed by atoms with E-state index in [0.29, 0.717) is 11.7 Å². The summed E-state index contributed by atoms with van der Waals surface area (Å²) in [6.45, 7) is 2.36. The average molecular weight is 254 g/mol. The van der Waals surface area contributed by atoms with E-state index in [1.54, 1.807) is 0 Å². The topological polar surface area (TPSA) is 17.1 Å². The van der Waals surface area contributed by atoms with E-state index in [-0.39, 0.29) is 0 Å². The van der Waals surface area contributed by atoms with Gasteiger partial charge in [-0.15, -0.1) is 0 Å². The van der Waals surface area contributed by atoms with Crippen LogP contribution in [0.3, 0.4) is 0 Å². The molecule has 2 saturated carbocycles. The molecule has 98 valence electrons. The zero-order valence-corrected chi connectivity index (χ0v) is 11.9. The summed E-state index contributed by atoms with van der Waals surface area (Å²) in [5.41, 5.74) is 0. The van der Waals surface area contributed by atoms with Gasteiger partial charge >= 0.3 is 0 Å². The van der Waals surface area contributed by atoms with Crippen molar-refractivity contribution >= 4 is 17.5 Å². The molecule has 2 rings (SSSR count). The molecule has 0 aromatic heterocycles. The first-order chi connectivity index (χ1) is 8.25. The predicted molar refractivity (Wildman–Crippen MR) is 75.5 cm³/mol. The maximum Gasteiger partial charge on any atom is 0.145 e. The van der Waals surface area contributed by atoms with Crippen LogP contribution in [-0.4, -0.2) is 16.8 Å². The van der Waals surface area contributed by atoms with Gasteiger partial charge in [-0.05, 0) is 31.6 Å². The van der Waals surface area contributed by atoms with Crippen molar-refractivity contribution < 1.29 is 4.79 Å². The number of carbonyl (C=O) groups is 1. The summed E-state index contributed by atoms with van der Waals surface area (Å²) in [6, 6.07) is 0. The largest absolute Gasteiger partial charge is 0.298 e. The zero-order chi connectivity index (χ0) is 12.1. The third-order valence-corrected chi connectivity index (χ3v) is 5.76. The Balaban J connectivity index is 1.68. The first-order valence-electron chi connectivity index (χ1n) is 7.40.